The minimum Gasteiger partial charge on any atom is -0.371 e. The molecule has 0 aliphatic carbocycles. The molecular formula is C15H22BrN3O. The van der Waals surface area contributed by atoms with E-state index in [1.54, 1.807) is 7.05 Å². The molecule has 0 saturated heterocycles. The highest BCUT2D eigenvalue weighted by molar-refractivity contribution is 9.10. The Morgan fingerprint density at radius 1 is 1.40 bits per heavy atom. The Morgan fingerprint density at radius 2 is 2.05 bits per heavy atom. The molecule has 5 heteroatoms. The molecule has 0 radical (unpaired) electrons. The highest BCUT2D eigenvalue weighted by Gasteiger charge is 2.30. The summed E-state index contributed by atoms with van der Waals surface area (Å²) < 4.78 is 1.03. The summed E-state index contributed by atoms with van der Waals surface area (Å²) in [4.78, 5) is 14.2. The number of nitrogens with zero attached hydrogens (tertiary/aromatic N) is 1. The Kier molecular flexibility index (Phi) is 4.70. The lowest BCUT2D eigenvalue weighted by atomic mass is 10.1. The van der Waals surface area contributed by atoms with Gasteiger partial charge in [0.1, 0.15) is 6.04 Å². The third-order valence-electron chi connectivity index (χ3n) is 4.11. The van der Waals surface area contributed by atoms with Crippen LogP contribution in [0.15, 0.2) is 16.6 Å². The van der Waals surface area contributed by atoms with E-state index in [2.05, 4.69) is 58.4 Å². The number of rotatable bonds is 5. The number of halogens is 1. The third kappa shape index (κ3) is 2.56. The van der Waals surface area contributed by atoms with Crippen LogP contribution in [0, 0.1) is 0 Å². The first-order chi connectivity index (χ1) is 9.53. The third-order valence-corrected chi connectivity index (χ3v) is 4.74. The number of likely N-dealkylation sites (N-methyl/N-ethyl adjacent to an activating group) is 1. The topological polar surface area (TPSA) is 44.4 Å². The molecule has 0 fully saturated rings. The standard InChI is InChI=1S/C15H22BrN3O/c1-5-9(6-2)19(4)13-8-12-10(7-11(13)16)14(17-3)15(20)18-12/h7-9,14,17H,5-6H2,1-4H3,(H,18,20). The summed E-state index contributed by atoms with van der Waals surface area (Å²) in [5, 5.41) is 5.99. The van der Waals surface area contributed by atoms with Crippen LogP contribution in [-0.4, -0.2) is 26.0 Å². The van der Waals surface area contributed by atoms with Crippen LogP contribution in [0.4, 0.5) is 11.4 Å². The van der Waals surface area contributed by atoms with E-state index >= 15 is 0 Å². The number of hydrogen-bond donors (Lipinski definition) is 2. The lowest BCUT2D eigenvalue weighted by molar-refractivity contribution is -0.117. The molecule has 1 atom stereocenters. The van der Waals surface area contributed by atoms with Gasteiger partial charge in [-0.25, -0.2) is 0 Å². The molecule has 0 aromatic heterocycles. The van der Waals surface area contributed by atoms with Gasteiger partial charge in [-0.2, -0.15) is 0 Å². The maximum absolute atomic E-state index is 11.9. The molecule has 4 nitrogen and oxygen atoms in total. The van der Waals surface area contributed by atoms with Crippen LogP contribution in [0.25, 0.3) is 0 Å². The average Bonchev–Trinajstić information content (AvgIpc) is 2.73. The van der Waals surface area contributed by atoms with E-state index in [0.717, 1.165) is 34.3 Å². The Labute approximate surface area is 129 Å². The van der Waals surface area contributed by atoms with Gasteiger partial charge in [0, 0.05) is 28.8 Å². The maximum atomic E-state index is 11.9. The van der Waals surface area contributed by atoms with Gasteiger partial charge >= 0.3 is 0 Å². The molecule has 0 saturated carbocycles. The molecule has 2 N–H and O–H groups in total. The molecule has 1 amide bonds. The van der Waals surface area contributed by atoms with Crippen molar-refractivity contribution in [1.82, 2.24) is 5.32 Å². The van der Waals surface area contributed by atoms with E-state index in [1.807, 2.05) is 6.07 Å². The van der Waals surface area contributed by atoms with Gasteiger partial charge in [0.05, 0.1) is 5.69 Å². The average molecular weight is 340 g/mol. The zero-order chi connectivity index (χ0) is 14.9. The van der Waals surface area contributed by atoms with Crippen LogP contribution in [0.5, 0.6) is 0 Å². The summed E-state index contributed by atoms with van der Waals surface area (Å²) in [6, 6.07) is 4.35. The molecule has 0 bridgehead atoms. The zero-order valence-corrected chi connectivity index (χ0v) is 14.0. The Bertz CT molecular complexity index is 514. The summed E-state index contributed by atoms with van der Waals surface area (Å²) in [5.41, 5.74) is 3.03. The fourth-order valence-electron chi connectivity index (χ4n) is 2.86. The predicted octanol–water partition coefficient (Wildman–Crippen LogP) is 3.29. The van der Waals surface area contributed by atoms with E-state index in [9.17, 15) is 4.79 Å². The number of fused-ring (bicyclic) bond motifs is 1. The van der Waals surface area contributed by atoms with Gasteiger partial charge in [-0.3, -0.25) is 4.79 Å². The molecule has 1 aliphatic rings. The molecule has 1 aromatic rings. The van der Waals surface area contributed by atoms with Crippen LogP contribution in [0.1, 0.15) is 38.3 Å². The predicted molar refractivity (Wildman–Crippen MR) is 87.3 cm³/mol. The van der Waals surface area contributed by atoms with Gasteiger partial charge in [0.15, 0.2) is 0 Å². The highest BCUT2D eigenvalue weighted by atomic mass is 79.9. The second-order valence-electron chi connectivity index (χ2n) is 5.18. The number of nitrogens with one attached hydrogen (secondary N) is 2. The molecule has 20 heavy (non-hydrogen) atoms. The van der Waals surface area contributed by atoms with E-state index in [4.69, 9.17) is 0 Å². The van der Waals surface area contributed by atoms with Crippen LogP contribution in [0.2, 0.25) is 0 Å². The number of carbonyl (C=O) groups excluding carboxylic acids is 1. The molecule has 0 spiro atoms. The molecule has 1 unspecified atom stereocenters. The number of hydrogen-bond acceptors (Lipinski definition) is 3. The lowest BCUT2D eigenvalue weighted by Gasteiger charge is -2.29. The molecule has 1 heterocycles. The fraction of sp³-hybridized carbons (Fsp3) is 0.533. The normalized spacial score (nSPS) is 17.3. The number of benzene rings is 1. The van der Waals surface area contributed by atoms with Crippen LogP contribution in [0.3, 0.4) is 0 Å². The number of carbonyl (C=O) groups is 1. The highest BCUT2D eigenvalue weighted by Crippen LogP contribution is 2.39. The second-order valence-corrected chi connectivity index (χ2v) is 6.04. The number of amides is 1. The minimum absolute atomic E-state index is 0.0109. The van der Waals surface area contributed by atoms with Gasteiger partial charge in [-0.15, -0.1) is 0 Å². The summed E-state index contributed by atoms with van der Waals surface area (Å²) >= 11 is 3.65. The van der Waals surface area contributed by atoms with Gasteiger partial charge < -0.3 is 15.5 Å². The second kappa shape index (κ2) is 6.14. The largest absolute Gasteiger partial charge is 0.371 e. The van der Waals surface area contributed by atoms with Crippen molar-refractivity contribution >= 4 is 33.2 Å². The van der Waals surface area contributed by atoms with E-state index in [0.29, 0.717) is 6.04 Å². The smallest absolute Gasteiger partial charge is 0.246 e. The van der Waals surface area contributed by atoms with Crippen molar-refractivity contribution in [2.45, 2.75) is 38.8 Å². The van der Waals surface area contributed by atoms with E-state index < -0.39 is 0 Å². The van der Waals surface area contributed by atoms with Gasteiger partial charge in [-0.05, 0) is 48.0 Å². The molecular weight excluding hydrogens is 318 g/mol. The maximum Gasteiger partial charge on any atom is 0.246 e. The Balaban J connectivity index is 2.40. The van der Waals surface area contributed by atoms with Crippen molar-refractivity contribution in [3.63, 3.8) is 0 Å². The molecule has 1 aliphatic heterocycles. The van der Waals surface area contributed by atoms with E-state index in [-0.39, 0.29) is 11.9 Å². The van der Waals surface area contributed by atoms with Gasteiger partial charge in [0.2, 0.25) is 5.91 Å². The Morgan fingerprint density at radius 3 is 2.60 bits per heavy atom. The van der Waals surface area contributed by atoms with Crippen molar-refractivity contribution in [2.24, 2.45) is 0 Å². The van der Waals surface area contributed by atoms with Gasteiger partial charge in [-0.1, -0.05) is 13.8 Å². The molecule has 2 rings (SSSR count). The number of anilines is 2. The molecule has 110 valence electrons. The summed E-state index contributed by atoms with van der Waals surface area (Å²) in [6.07, 6.45) is 2.20. The molecule has 1 aromatic carbocycles. The Hall–Kier alpha value is -1.07. The van der Waals surface area contributed by atoms with Crippen LogP contribution in [-0.2, 0) is 4.79 Å². The van der Waals surface area contributed by atoms with E-state index in [1.165, 1.54) is 0 Å². The zero-order valence-electron chi connectivity index (χ0n) is 12.5. The quantitative estimate of drug-likeness (QED) is 0.865. The first-order valence-corrected chi connectivity index (χ1v) is 7.87. The SMILES string of the molecule is CCC(CC)N(C)c1cc2c(cc1Br)C(NC)C(=O)N2. The van der Waals surface area contributed by atoms with Crippen molar-refractivity contribution < 1.29 is 4.79 Å². The van der Waals surface area contributed by atoms with Crippen molar-refractivity contribution in [1.29, 1.82) is 0 Å². The monoisotopic (exact) mass is 339 g/mol. The lowest BCUT2D eigenvalue weighted by Crippen LogP contribution is -2.30. The summed E-state index contributed by atoms with van der Waals surface area (Å²) in [5.74, 6) is 0.0109. The summed E-state index contributed by atoms with van der Waals surface area (Å²) in [7, 11) is 3.91. The minimum atomic E-state index is -0.256. The first-order valence-electron chi connectivity index (χ1n) is 7.07. The summed E-state index contributed by atoms with van der Waals surface area (Å²) in [6.45, 7) is 4.40. The van der Waals surface area contributed by atoms with Crippen molar-refractivity contribution in [2.75, 3.05) is 24.3 Å². The fourth-order valence-corrected chi connectivity index (χ4v) is 3.50. The van der Waals surface area contributed by atoms with Crippen molar-refractivity contribution in [3.8, 4) is 0 Å². The first kappa shape index (κ1) is 15.3. The van der Waals surface area contributed by atoms with Crippen LogP contribution >= 0.6 is 15.9 Å². The van der Waals surface area contributed by atoms with Crippen LogP contribution < -0.4 is 15.5 Å². The van der Waals surface area contributed by atoms with Gasteiger partial charge in [0.25, 0.3) is 0 Å². The van der Waals surface area contributed by atoms with Crippen molar-refractivity contribution in [3.05, 3.63) is 22.2 Å².